The van der Waals surface area contributed by atoms with Gasteiger partial charge in [0.05, 0.1) is 0 Å². The Balaban J connectivity index is 0. The maximum Gasteiger partial charge on any atom is 0.521 e. The van der Waals surface area contributed by atoms with Gasteiger partial charge in [0, 0.05) is 0 Å². The minimum Gasteiger partial charge on any atom is -0.271 e. The summed E-state index contributed by atoms with van der Waals surface area (Å²) in [5, 5.41) is 15.2. The van der Waals surface area contributed by atoms with Crippen molar-refractivity contribution in [2.45, 2.75) is 26.7 Å². The quantitative estimate of drug-likeness (QED) is 0.639. The third-order valence-electron chi connectivity index (χ3n) is 0.779. The molecule has 0 N–H and O–H groups in total. The lowest BCUT2D eigenvalue weighted by Crippen LogP contribution is -2.02. The van der Waals surface area contributed by atoms with E-state index in [0.717, 1.165) is 12.5 Å². The molecule has 7 heteroatoms. The molecule has 0 amide bonds. The minimum atomic E-state index is -4.40. The van der Waals surface area contributed by atoms with Gasteiger partial charge in [0.25, 0.3) is 0 Å². The lowest BCUT2D eigenvalue weighted by molar-refractivity contribution is 0.355. The van der Waals surface area contributed by atoms with Crippen molar-refractivity contribution in [3.63, 3.8) is 0 Å². The number of nitrogens with zero attached hydrogens (tertiary/aromatic N) is 2. The molecule has 0 aliphatic carbocycles. The van der Waals surface area contributed by atoms with Gasteiger partial charge in [0.1, 0.15) is 0 Å². The van der Waals surface area contributed by atoms with Crippen LogP contribution in [-0.4, -0.2) is 8.42 Å². The third kappa shape index (κ3) is 13.5. The summed E-state index contributed by atoms with van der Waals surface area (Å²) in [6.45, 7) is 4.36. The minimum absolute atomic E-state index is 0.829. The first-order valence-electron chi connectivity index (χ1n) is 3.44. The van der Waals surface area contributed by atoms with E-state index in [4.69, 9.17) is 10.5 Å². The first kappa shape index (κ1) is 14.1. The van der Waals surface area contributed by atoms with E-state index in [1.165, 1.54) is 12.8 Å². The van der Waals surface area contributed by atoms with Crippen LogP contribution in [0.25, 0.3) is 0 Å². The SMILES string of the molecule is CCCC.N#COS(=O)(=O)OC#N. The third-order valence-corrected chi connectivity index (χ3v) is 1.34. The highest BCUT2D eigenvalue weighted by Crippen LogP contribution is 1.90. The van der Waals surface area contributed by atoms with E-state index in [-0.39, 0.29) is 0 Å². The van der Waals surface area contributed by atoms with Crippen molar-refractivity contribution in [3.05, 3.63) is 0 Å². The van der Waals surface area contributed by atoms with Gasteiger partial charge in [-0.3, -0.25) is 8.37 Å². The molecule has 0 bridgehead atoms. The van der Waals surface area contributed by atoms with Crippen LogP contribution in [0.1, 0.15) is 26.7 Å². The molecule has 0 aromatic heterocycles. The molecule has 0 rings (SSSR count). The van der Waals surface area contributed by atoms with Gasteiger partial charge in [-0.1, -0.05) is 26.7 Å². The molecule has 0 aliphatic rings. The van der Waals surface area contributed by atoms with Crippen LogP contribution in [0.15, 0.2) is 0 Å². The second-order valence-electron chi connectivity index (χ2n) is 1.76. The van der Waals surface area contributed by atoms with Crippen molar-refractivity contribution in [2.24, 2.45) is 0 Å². The molecule has 0 fully saturated rings. The van der Waals surface area contributed by atoms with E-state index < -0.39 is 10.4 Å². The maximum atomic E-state index is 9.94. The Morgan fingerprint density at radius 1 is 1.08 bits per heavy atom. The Morgan fingerprint density at radius 3 is 1.54 bits per heavy atom. The summed E-state index contributed by atoms with van der Waals surface area (Å²) in [6, 6.07) is 0. The number of unbranched alkanes of at least 4 members (excludes halogenated alkanes) is 1. The summed E-state index contributed by atoms with van der Waals surface area (Å²) in [6.07, 6.45) is 4.30. The normalized spacial score (nSPS) is 8.31. The average Bonchev–Trinajstić information content (AvgIpc) is 2.04. The standard InChI is InChI=1S/C4H10.C2N2O4S/c1-3-4-2;3-1-7-9(5,6)8-2-4/h3-4H2,1-2H3;. The summed E-state index contributed by atoms with van der Waals surface area (Å²) in [4.78, 5) is 0. The molecule has 0 saturated carbocycles. The number of hydrogen-bond donors (Lipinski definition) is 0. The molecule has 0 radical (unpaired) electrons. The molecule has 0 heterocycles. The summed E-state index contributed by atoms with van der Waals surface area (Å²) in [5.41, 5.74) is 0. The van der Waals surface area contributed by atoms with Gasteiger partial charge < -0.3 is 0 Å². The monoisotopic (exact) mass is 206 g/mol. The fourth-order valence-electron chi connectivity index (χ4n) is 0.108. The van der Waals surface area contributed by atoms with Crippen molar-refractivity contribution in [1.29, 1.82) is 10.5 Å². The number of rotatable bonds is 3. The van der Waals surface area contributed by atoms with Crippen LogP contribution < -0.4 is 0 Å². The second-order valence-corrected chi connectivity index (χ2v) is 2.91. The Kier molecular flexibility index (Phi) is 9.34. The zero-order chi connectivity index (χ0) is 10.7. The molecular weight excluding hydrogens is 196 g/mol. The zero-order valence-corrected chi connectivity index (χ0v) is 8.17. The van der Waals surface area contributed by atoms with Crippen molar-refractivity contribution in [1.82, 2.24) is 0 Å². The van der Waals surface area contributed by atoms with E-state index in [1.54, 1.807) is 0 Å². The van der Waals surface area contributed by atoms with E-state index in [0.29, 0.717) is 0 Å². The highest BCUT2D eigenvalue weighted by molar-refractivity contribution is 7.82. The van der Waals surface area contributed by atoms with E-state index >= 15 is 0 Å². The Labute approximate surface area is 77.6 Å². The van der Waals surface area contributed by atoms with Crippen molar-refractivity contribution in [3.8, 4) is 12.5 Å². The van der Waals surface area contributed by atoms with E-state index in [9.17, 15) is 8.42 Å². The molecule has 74 valence electrons. The van der Waals surface area contributed by atoms with Crippen LogP contribution in [0.5, 0.6) is 0 Å². The number of nitriles is 2. The predicted octanol–water partition coefficient (Wildman–Crippen LogP) is 1.03. The van der Waals surface area contributed by atoms with Crippen LogP contribution in [0.2, 0.25) is 0 Å². The van der Waals surface area contributed by atoms with Crippen LogP contribution >= 0.6 is 0 Å². The molecule has 0 aromatic carbocycles. The molecule has 0 saturated heterocycles. The van der Waals surface area contributed by atoms with Crippen molar-refractivity contribution < 1.29 is 16.8 Å². The summed E-state index contributed by atoms with van der Waals surface area (Å²) in [7, 11) is -4.40. The second kappa shape index (κ2) is 8.62. The number of hydrogen-bond acceptors (Lipinski definition) is 6. The first-order valence-corrected chi connectivity index (χ1v) is 4.77. The van der Waals surface area contributed by atoms with E-state index in [2.05, 4.69) is 22.2 Å². The molecule has 0 spiro atoms. The molecule has 0 unspecified atom stereocenters. The van der Waals surface area contributed by atoms with Gasteiger partial charge in [-0.25, -0.2) is 0 Å². The van der Waals surface area contributed by atoms with Crippen LogP contribution in [0.3, 0.4) is 0 Å². The molecule has 0 atom stereocenters. The summed E-state index contributed by atoms with van der Waals surface area (Å²) in [5.74, 6) is 0. The van der Waals surface area contributed by atoms with Crippen molar-refractivity contribution in [2.75, 3.05) is 0 Å². The van der Waals surface area contributed by atoms with Gasteiger partial charge >= 0.3 is 22.9 Å². The highest BCUT2D eigenvalue weighted by atomic mass is 32.3. The van der Waals surface area contributed by atoms with Crippen molar-refractivity contribution >= 4 is 10.4 Å². The smallest absolute Gasteiger partial charge is 0.271 e. The maximum absolute atomic E-state index is 9.94. The van der Waals surface area contributed by atoms with Gasteiger partial charge in [-0.2, -0.15) is 0 Å². The fourth-order valence-corrected chi connectivity index (χ4v) is 0.325. The van der Waals surface area contributed by atoms with Crippen LogP contribution in [-0.2, 0) is 18.8 Å². The van der Waals surface area contributed by atoms with Gasteiger partial charge in [-0.05, 0) is 0 Å². The Hall–Kier alpha value is -1.47. The molecule has 0 aliphatic heterocycles. The highest BCUT2D eigenvalue weighted by Gasteiger charge is 2.10. The summed E-state index contributed by atoms with van der Waals surface area (Å²) < 4.78 is 26.5. The Morgan fingerprint density at radius 2 is 1.38 bits per heavy atom. The lowest BCUT2D eigenvalue weighted by atomic mass is 10.4. The predicted molar refractivity (Wildman–Crippen MR) is 42.9 cm³/mol. The molecular formula is C6H10N2O4S. The van der Waals surface area contributed by atoms with Gasteiger partial charge in [0.15, 0.2) is 0 Å². The van der Waals surface area contributed by atoms with Gasteiger partial charge in [-0.15, -0.1) is 18.9 Å². The molecule has 13 heavy (non-hydrogen) atoms. The largest absolute Gasteiger partial charge is 0.521 e. The average molecular weight is 206 g/mol. The first-order chi connectivity index (χ1) is 6.04. The Bertz CT molecular complexity index is 261. The zero-order valence-electron chi connectivity index (χ0n) is 7.35. The molecule has 0 aromatic rings. The van der Waals surface area contributed by atoms with Crippen LogP contribution in [0.4, 0.5) is 0 Å². The van der Waals surface area contributed by atoms with E-state index in [1.807, 2.05) is 0 Å². The van der Waals surface area contributed by atoms with Gasteiger partial charge in [0.2, 0.25) is 0 Å². The topological polar surface area (TPSA) is 100 Å². The molecule has 6 nitrogen and oxygen atoms in total. The fraction of sp³-hybridized carbons (Fsp3) is 0.667. The lowest BCUT2D eigenvalue weighted by Gasteiger charge is -1.87. The summed E-state index contributed by atoms with van der Waals surface area (Å²) >= 11 is 0. The van der Waals surface area contributed by atoms with Crippen LogP contribution in [0, 0.1) is 23.0 Å².